The van der Waals surface area contributed by atoms with Crippen LogP contribution in [0.5, 0.6) is 0 Å². The van der Waals surface area contributed by atoms with E-state index in [1.54, 1.807) is 6.20 Å². The molecule has 1 heterocycles. The normalized spacial score (nSPS) is 17.4. The van der Waals surface area contributed by atoms with Crippen molar-refractivity contribution in [2.24, 2.45) is 5.73 Å². The van der Waals surface area contributed by atoms with Crippen LogP contribution in [0.25, 0.3) is 5.69 Å². The molecule has 1 aliphatic carbocycles. The molecule has 1 fully saturated rings. The highest BCUT2D eigenvalue weighted by molar-refractivity contribution is 5.38. The maximum atomic E-state index is 5.75. The molecule has 0 unspecified atom stereocenters. The minimum absolute atomic E-state index is 0.359. The Morgan fingerprint density at radius 3 is 2.50 bits per heavy atom. The van der Waals surface area contributed by atoms with Gasteiger partial charge in [-0.3, -0.25) is 0 Å². The fourth-order valence-electron chi connectivity index (χ4n) is 2.95. The third-order valence-electron chi connectivity index (χ3n) is 4.18. The van der Waals surface area contributed by atoms with E-state index >= 15 is 0 Å². The Hall–Kier alpha value is -1.61. The van der Waals surface area contributed by atoms with E-state index in [0.29, 0.717) is 5.41 Å². The monoisotopic (exact) mass is 241 g/mol. The molecular formula is C15H19N3. The van der Waals surface area contributed by atoms with Crippen LogP contribution in [0.1, 0.15) is 31.2 Å². The largest absolute Gasteiger partial charge is 0.330 e. The van der Waals surface area contributed by atoms with Gasteiger partial charge in [0.25, 0.3) is 0 Å². The molecule has 94 valence electrons. The molecule has 0 bridgehead atoms. The van der Waals surface area contributed by atoms with Gasteiger partial charge in [-0.1, -0.05) is 18.6 Å². The second kappa shape index (κ2) is 4.58. The van der Waals surface area contributed by atoms with E-state index in [0.717, 1.165) is 18.7 Å². The van der Waals surface area contributed by atoms with Gasteiger partial charge in [0, 0.05) is 12.4 Å². The van der Waals surface area contributed by atoms with E-state index in [9.17, 15) is 0 Å². The summed E-state index contributed by atoms with van der Waals surface area (Å²) < 4.78 is 1.89. The van der Waals surface area contributed by atoms with Crippen LogP contribution in [0.4, 0.5) is 0 Å². The topological polar surface area (TPSA) is 43.8 Å². The van der Waals surface area contributed by atoms with Crippen molar-refractivity contribution in [2.45, 2.75) is 31.1 Å². The van der Waals surface area contributed by atoms with Crippen LogP contribution in [0, 0.1) is 0 Å². The lowest BCUT2D eigenvalue weighted by molar-refractivity contribution is 0.229. The number of hydrogen-bond acceptors (Lipinski definition) is 2. The van der Waals surface area contributed by atoms with Gasteiger partial charge in [-0.05, 0) is 55.0 Å². The number of nitrogens with zero attached hydrogens (tertiary/aromatic N) is 2. The van der Waals surface area contributed by atoms with Gasteiger partial charge in [0.2, 0.25) is 0 Å². The highest BCUT2D eigenvalue weighted by Crippen LogP contribution is 2.46. The highest BCUT2D eigenvalue weighted by atomic mass is 15.3. The summed E-state index contributed by atoms with van der Waals surface area (Å²) in [6.07, 6.45) is 8.77. The fourth-order valence-corrected chi connectivity index (χ4v) is 2.95. The molecule has 1 aromatic carbocycles. The Bertz CT molecular complexity index is 495. The lowest BCUT2D eigenvalue weighted by atomic mass is 9.62. The van der Waals surface area contributed by atoms with Crippen LogP contribution >= 0.6 is 0 Å². The first kappa shape index (κ1) is 11.5. The third kappa shape index (κ3) is 1.85. The molecule has 3 rings (SSSR count). The van der Waals surface area contributed by atoms with E-state index in [4.69, 9.17) is 5.73 Å². The molecule has 2 N–H and O–H groups in total. The smallest absolute Gasteiger partial charge is 0.0645 e. The zero-order valence-corrected chi connectivity index (χ0v) is 10.5. The molecule has 0 aliphatic heterocycles. The second-order valence-corrected chi connectivity index (χ2v) is 5.17. The van der Waals surface area contributed by atoms with Gasteiger partial charge < -0.3 is 5.73 Å². The standard InChI is InChI=1S/C15H19N3/c16-10-9-15(7-1-8-15)13-3-5-14(6-4-13)18-12-2-11-17-18/h2-6,11-12H,1,7-10,16H2. The Morgan fingerprint density at radius 2 is 2.00 bits per heavy atom. The van der Waals surface area contributed by atoms with Crippen LogP contribution in [0.2, 0.25) is 0 Å². The summed E-state index contributed by atoms with van der Waals surface area (Å²) in [7, 11) is 0. The Kier molecular flexibility index (Phi) is 2.92. The highest BCUT2D eigenvalue weighted by Gasteiger charge is 2.37. The van der Waals surface area contributed by atoms with Gasteiger partial charge in [0.05, 0.1) is 5.69 Å². The predicted molar refractivity (Wildman–Crippen MR) is 72.8 cm³/mol. The molecule has 3 heteroatoms. The van der Waals surface area contributed by atoms with Crippen molar-refractivity contribution in [3.8, 4) is 5.69 Å². The minimum atomic E-state index is 0.359. The zero-order chi connectivity index (χ0) is 12.4. The molecule has 0 atom stereocenters. The number of benzene rings is 1. The van der Waals surface area contributed by atoms with Crippen molar-refractivity contribution in [1.29, 1.82) is 0 Å². The van der Waals surface area contributed by atoms with E-state index in [2.05, 4.69) is 29.4 Å². The summed E-state index contributed by atoms with van der Waals surface area (Å²) >= 11 is 0. The lowest BCUT2D eigenvalue weighted by Crippen LogP contribution is -2.36. The van der Waals surface area contributed by atoms with Gasteiger partial charge in [-0.2, -0.15) is 5.10 Å². The molecule has 18 heavy (non-hydrogen) atoms. The van der Waals surface area contributed by atoms with Gasteiger partial charge in [0.1, 0.15) is 0 Å². The van der Waals surface area contributed by atoms with Gasteiger partial charge in [-0.15, -0.1) is 0 Å². The lowest BCUT2D eigenvalue weighted by Gasteiger charge is -2.42. The molecule has 0 amide bonds. The van der Waals surface area contributed by atoms with Crippen LogP contribution in [-0.2, 0) is 5.41 Å². The number of hydrogen-bond donors (Lipinski definition) is 1. The Morgan fingerprint density at radius 1 is 1.22 bits per heavy atom. The Balaban J connectivity index is 1.87. The summed E-state index contributed by atoms with van der Waals surface area (Å²) in [6, 6.07) is 10.7. The van der Waals surface area contributed by atoms with Crippen LogP contribution < -0.4 is 5.73 Å². The van der Waals surface area contributed by atoms with Crippen LogP contribution in [0.15, 0.2) is 42.7 Å². The first-order valence-electron chi connectivity index (χ1n) is 6.65. The molecule has 0 saturated heterocycles. The second-order valence-electron chi connectivity index (χ2n) is 5.17. The molecule has 3 nitrogen and oxygen atoms in total. The van der Waals surface area contributed by atoms with Gasteiger partial charge >= 0.3 is 0 Å². The van der Waals surface area contributed by atoms with Crippen LogP contribution in [-0.4, -0.2) is 16.3 Å². The summed E-state index contributed by atoms with van der Waals surface area (Å²) in [5, 5.41) is 4.25. The first-order valence-corrected chi connectivity index (χ1v) is 6.65. The SMILES string of the molecule is NCCC1(c2ccc(-n3cccn3)cc2)CCC1. The molecule has 1 aromatic heterocycles. The summed E-state index contributed by atoms with van der Waals surface area (Å²) in [5.74, 6) is 0. The van der Waals surface area contributed by atoms with Crippen molar-refractivity contribution < 1.29 is 0 Å². The van der Waals surface area contributed by atoms with E-state index in [1.807, 2.05) is 16.9 Å². The minimum Gasteiger partial charge on any atom is -0.330 e. The Labute approximate surface area is 108 Å². The molecule has 2 aromatic rings. The summed E-state index contributed by atoms with van der Waals surface area (Å²) in [4.78, 5) is 0. The molecule has 0 radical (unpaired) electrons. The average molecular weight is 241 g/mol. The third-order valence-corrected chi connectivity index (χ3v) is 4.18. The zero-order valence-electron chi connectivity index (χ0n) is 10.5. The van der Waals surface area contributed by atoms with Crippen molar-refractivity contribution in [1.82, 2.24) is 9.78 Å². The maximum Gasteiger partial charge on any atom is 0.0645 e. The van der Waals surface area contributed by atoms with E-state index in [1.165, 1.54) is 24.8 Å². The molecule has 1 saturated carbocycles. The van der Waals surface area contributed by atoms with Gasteiger partial charge in [-0.25, -0.2) is 4.68 Å². The average Bonchev–Trinajstić information content (AvgIpc) is 2.88. The van der Waals surface area contributed by atoms with Crippen LogP contribution in [0.3, 0.4) is 0 Å². The summed E-state index contributed by atoms with van der Waals surface area (Å²) in [5.41, 5.74) is 8.67. The van der Waals surface area contributed by atoms with Crippen molar-refractivity contribution in [2.75, 3.05) is 6.54 Å². The van der Waals surface area contributed by atoms with Crippen molar-refractivity contribution in [3.63, 3.8) is 0 Å². The first-order chi connectivity index (χ1) is 8.84. The predicted octanol–water partition coefficient (Wildman–Crippen LogP) is 2.64. The maximum absolute atomic E-state index is 5.75. The molecule has 0 spiro atoms. The van der Waals surface area contributed by atoms with Gasteiger partial charge in [0.15, 0.2) is 0 Å². The van der Waals surface area contributed by atoms with Crippen molar-refractivity contribution in [3.05, 3.63) is 48.3 Å². The molecule has 1 aliphatic rings. The van der Waals surface area contributed by atoms with E-state index < -0.39 is 0 Å². The number of aromatic nitrogens is 2. The quantitative estimate of drug-likeness (QED) is 0.894. The fraction of sp³-hybridized carbons (Fsp3) is 0.400. The number of rotatable bonds is 4. The van der Waals surface area contributed by atoms with Crippen molar-refractivity contribution >= 4 is 0 Å². The molecular weight excluding hydrogens is 222 g/mol. The van der Waals surface area contributed by atoms with E-state index in [-0.39, 0.29) is 0 Å². The summed E-state index contributed by atoms with van der Waals surface area (Å²) in [6.45, 7) is 0.779. The number of nitrogens with two attached hydrogens (primary N) is 1.